The van der Waals surface area contributed by atoms with Gasteiger partial charge in [-0.25, -0.2) is 0 Å². The van der Waals surface area contributed by atoms with Gasteiger partial charge < -0.3 is 15.0 Å². The molecule has 1 aliphatic heterocycles. The molecule has 1 fully saturated rings. The SMILES string of the molecule is Cc1ccccc1Oc1ccc(N2C(=S)N[C@@H](c3ccccn3)[C@H]2c2sccc2C)cc1. The first kappa shape index (κ1) is 20.7. The highest BCUT2D eigenvalue weighted by Gasteiger charge is 2.41. The molecule has 160 valence electrons. The van der Waals surface area contributed by atoms with Gasteiger partial charge in [-0.15, -0.1) is 11.3 Å². The van der Waals surface area contributed by atoms with Crippen molar-refractivity contribution in [3.05, 3.63) is 106 Å². The minimum absolute atomic E-state index is 0.0241. The lowest BCUT2D eigenvalue weighted by atomic mass is 10.0. The van der Waals surface area contributed by atoms with E-state index in [0.29, 0.717) is 5.11 Å². The third kappa shape index (κ3) is 3.87. The number of thiophene rings is 1. The molecule has 2 aromatic carbocycles. The van der Waals surface area contributed by atoms with E-state index >= 15 is 0 Å². The van der Waals surface area contributed by atoms with E-state index in [0.717, 1.165) is 28.4 Å². The molecule has 1 aliphatic rings. The average Bonchev–Trinajstić information content (AvgIpc) is 3.39. The fraction of sp³-hybridized carbons (Fsp3) is 0.154. The Kier molecular flexibility index (Phi) is 5.64. The Morgan fingerprint density at radius 1 is 0.938 bits per heavy atom. The summed E-state index contributed by atoms with van der Waals surface area (Å²) in [4.78, 5) is 8.10. The van der Waals surface area contributed by atoms with Gasteiger partial charge in [0.15, 0.2) is 5.11 Å². The van der Waals surface area contributed by atoms with E-state index in [1.807, 2.05) is 61.7 Å². The van der Waals surface area contributed by atoms with Gasteiger partial charge in [-0.3, -0.25) is 4.98 Å². The van der Waals surface area contributed by atoms with Crippen LogP contribution in [0, 0.1) is 13.8 Å². The summed E-state index contributed by atoms with van der Waals surface area (Å²) in [7, 11) is 0. The Balaban J connectivity index is 1.49. The first-order valence-electron chi connectivity index (χ1n) is 10.5. The van der Waals surface area contributed by atoms with Crippen LogP contribution in [0.15, 0.2) is 84.4 Å². The zero-order valence-electron chi connectivity index (χ0n) is 17.9. The monoisotopic (exact) mass is 457 g/mol. The molecule has 0 amide bonds. The van der Waals surface area contributed by atoms with Gasteiger partial charge in [-0.2, -0.15) is 0 Å². The molecule has 1 saturated heterocycles. The number of aromatic nitrogens is 1. The normalized spacial score (nSPS) is 17.9. The molecule has 0 aliphatic carbocycles. The summed E-state index contributed by atoms with van der Waals surface area (Å²) in [5.41, 5.74) is 4.37. The zero-order valence-corrected chi connectivity index (χ0v) is 19.5. The summed E-state index contributed by atoms with van der Waals surface area (Å²) in [6, 6.07) is 24.3. The number of rotatable bonds is 5. The summed E-state index contributed by atoms with van der Waals surface area (Å²) >= 11 is 7.57. The number of nitrogens with one attached hydrogen (secondary N) is 1. The van der Waals surface area contributed by atoms with E-state index in [2.05, 4.69) is 51.8 Å². The van der Waals surface area contributed by atoms with E-state index in [9.17, 15) is 0 Å². The third-order valence-electron chi connectivity index (χ3n) is 5.70. The van der Waals surface area contributed by atoms with Crippen molar-refractivity contribution in [3.63, 3.8) is 0 Å². The number of nitrogens with zero attached hydrogens (tertiary/aromatic N) is 2. The molecule has 4 nitrogen and oxygen atoms in total. The Hall–Kier alpha value is -3.22. The Morgan fingerprint density at radius 3 is 2.41 bits per heavy atom. The molecule has 2 aromatic heterocycles. The van der Waals surface area contributed by atoms with Crippen molar-refractivity contribution in [2.75, 3.05) is 4.90 Å². The first-order valence-corrected chi connectivity index (χ1v) is 11.8. The maximum Gasteiger partial charge on any atom is 0.174 e. The van der Waals surface area contributed by atoms with Gasteiger partial charge in [-0.1, -0.05) is 24.3 Å². The summed E-state index contributed by atoms with van der Waals surface area (Å²) < 4.78 is 6.09. The van der Waals surface area contributed by atoms with Gasteiger partial charge in [0.25, 0.3) is 0 Å². The van der Waals surface area contributed by atoms with Crippen LogP contribution in [0.1, 0.15) is 33.8 Å². The third-order valence-corrected chi connectivity index (χ3v) is 7.11. The second-order valence-corrected chi connectivity index (χ2v) is 9.16. The topological polar surface area (TPSA) is 37.4 Å². The number of thiocarbonyl (C=S) groups is 1. The Labute approximate surface area is 197 Å². The molecule has 0 saturated carbocycles. The molecule has 5 rings (SSSR count). The lowest BCUT2D eigenvalue weighted by molar-refractivity contribution is 0.479. The van der Waals surface area contributed by atoms with Crippen molar-refractivity contribution in [3.8, 4) is 11.5 Å². The number of aryl methyl sites for hydroxylation is 2. The number of para-hydroxylation sites is 1. The second kappa shape index (κ2) is 8.73. The van der Waals surface area contributed by atoms with Crippen LogP contribution in [-0.4, -0.2) is 10.1 Å². The Bertz CT molecular complexity index is 1240. The molecule has 0 spiro atoms. The molecular weight excluding hydrogens is 434 g/mol. The van der Waals surface area contributed by atoms with Gasteiger partial charge >= 0.3 is 0 Å². The van der Waals surface area contributed by atoms with Crippen LogP contribution in [0.25, 0.3) is 0 Å². The molecular formula is C26H23N3OS2. The number of hydrogen-bond acceptors (Lipinski definition) is 4. The van der Waals surface area contributed by atoms with Crippen LogP contribution >= 0.6 is 23.6 Å². The summed E-state index contributed by atoms with van der Waals surface area (Å²) in [5, 5.41) is 6.35. The maximum atomic E-state index is 6.09. The van der Waals surface area contributed by atoms with Crippen molar-refractivity contribution in [1.29, 1.82) is 0 Å². The van der Waals surface area contributed by atoms with Gasteiger partial charge in [0.2, 0.25) is 0 Å². The summed E-state index contributed by atoms with van der Waals surface area (Å²) in [6.07, 6.45) is 1.83. The lowest BCUT2D eigenvalue weighted by Gasteiger charge is -2.27. The molecule has 0 bridgehead atoms. The Morgan fingerprint density at radius 2 is 1.72 bits per heavy atom. The van der Waals surface area contributed by atoms with E-state index in [-0.39, 0.29) is 12.1 Å². The van der Waals surface area contributed by atoms with Crippen molar-refractivity contribution in [2.24, 2.45) is 0 Å². The van der Waals surface area contributed by atoms with Crippen LogP contribution in [-0.2, 0) is 0 Å². The van der Waals surface area contributed by atoms with Crippen LogP contribution in [0.2, 0.25) is 0 Å². The smallest absolute Gasteiger partial charge is 0.174 e. The largest absolute Gasteiger partial charge is 0.457 e. The molecule has 6 heteroatoms. The molecule has 4 aromatic rings. The molecule has 1 N–H and O–H groups in total. The van der Waals surface area contributed by atoms with Crippen molar-refractivity contribution < 1.29 is 4.74 Å². The van der Waals surface area contributed by atoms with Gasteiger partial charge in [0.05, 0.1) is 17.8 Å². The van der Waals surface area contributed by atoms with Gasteiger partial charge in [0, 0.05) is 16.8 Å². The van der Waals surface area contributed by atoms with Crippen molar-refractivity contribution in [1.82, 2.24) is 10.3 Å². The highest BCUT2D eigenvalue weighted by molar-refractivity contribution is 7.80. The fourth-order valence-electron chi connectivity index (χ4n) is 4.06. The average molecular weight is 458 g/mol. The maximum absolute atomic E-state index is 6.09. The minimum Gasteiger partial charge on any atom is -0.457 e. The predicted octanol–water partition coefficient (Wildman–Crippen LogP) is 6.73. The van der Waals surface area contributed by atoms with Crippen LogP contribution in [0.5, 0.6) is 11.5 Å². The van der Waals surface area contributed by atoms with Gasteiger partial charge in [0.1, 0.15) is 11.5 Å². The summed E-state index contributed by atoms with van der Waals surface area (Å²) in [5.74, 6) is 1.66. The molecule has 0 unspecified atom stereocenters. The zero-order chi connectivity index (χ0) is 22.1. The van der Waals surface area contributed by atoms with Gasteiger partial charge in [-0.05, 0) is 91.1 Å². The second-order valence-electron chi connectivity index (χ2n) is 7.83. The number of anilines is 1. The summed E-state index contributed by atoms with van der Waals surface area (Å²) in [6.45, 7) is 4.20. The standard InChI is InChI=1S/C26H23N3OS2/c1-17-7-3-4-9-22(17)30-20-12-10-19(11-13-20)29-24(25-18(2)14-16-32-25)23(28-26(29)31)21-8-5-6-15-27-21/h3-16,23-24H,1-2H3,(H,28,31)/t23-,24-/m0/s1. The predicted molar refractivity (Wildman–Crippen MR) is 135 cm³/mol. The van der Waals surface area contributed by atoms with Crippen molar-refractivity contribution >= 4 is 34.4 Å². The van der Waals surface area contributed by atoms with E-state index in [1.165, 1.54) is 10.4 Å². The molecule has 32 heavy (non-hydrogen) atoms. The van der Waals surface area contributed by atoms with Crippen LogP contribution in [0.4, 0.5) is 5.69 Å². The van der Waals surface area contributed by atoms with E-state index in [4.69, 9.17) is 17.0 Å². The highest BCUT2D eigenvalue weighted by Crippen LogP contribution is 2.44. The van der Waals surface area contributed by atoms with Crippen molar-refractivity contribution in [2.45, 2.75) is 25.9 Å². The molecule has 3 heterocycles. The number of pyridine rings is 1. The fourth-order valence-corrected chi connectivity index (χ4v) is 5.46. The lowest BCUT2D eigenvalue weighted by Crippen LogP contribution is -2.29. The number of ether oxygens (including phenoxy) is 1. The molecule has 2 atom stereocenters. The minimum atomic E-state index is -0.0241. The quantitative estimate of drug-likeness (QED) is 0.336. The van der Waals surface area contributed by atoms with E-state index in [1.54, 1.807) is 11.3 Å². The first-order chi connectivity index (χ1) is 15.6. The van der Waals surface area contributed by atoms with Crippen LogP contribution in [0.3, 0.4) is 0 Å². The number of benzene rings is 2. The number of hydrogen-bond donors (Lipinski definition) is 1. The highest BCUT2D eigenvalue weighted by atomic mass is 32.1. The van der Waals surface area contributed by atoms with Crippen LogP contribution < -0.4 is 15.0 Å². The molecule has 0 radical (unpaired) electrons. The van der Waals surface area contributed by atoms with E-state index < -0.39 is 0 Å².